The van der Waals surface area contributed by atoms with Gasteiger partial charge >= 0.3 is 0 Å². The van der Waals surface area contributed by atoms with E-state index >= 15 is 0 Å². The standard InChI is InChI=1S/C14H30N4O/c1-3-19-13-7-8-16-14(15-2)17-9-12-18-10-5-4-6-11-18/h3-13H2,1-2H3,(H2,15,16,17). The van der Waals surface area contributed by atoms with Gasteiger partial charge in [-0.3, -0.25) is 4.99 Å². The van der Waals surface area contributed by atoms with Gasteiger partial charge in [0.05, 0.1) is 0 Å². The highest BCUT2D eigenvalue weighted by Crippen LogP contribution is 2.07. The Morgan fingerprint density at radius 1 is 1.16 bits per heavy atom. The number of rotatable bonds is 8. The molecular weight excluding hydrogens is 240 g/mol. The van der Waals surface area contributed by atoms with Crippen LogP contribution in [0.2, 0.25) is 0 Å². The summed E-state index contributed by atoms with van der Waals surface area (Å²) in [5.74, 6) is 0.897. The van der Waals surface area contributed by atoms with Crippen LogP contribution in [0.1, 0.15) is 32.6 Å². The molecule has 0 unspecified atom stereocenters. The van der Waals surface area contributed by atoms with Crippen LogP contribution in [-0.2, 0) is 4.74 Å². The quantitative estimate of drug-likeness (QED) is 0.393. The molecule has 1 rings (SSSR count). The first-order valence-corrected chi connectivity index (χ1v) is 7.61. The van der Waals surface area contributed by atoms with Crippen LogP contribution in [0.25, 0.3) is 0 Å². The molecule has 0 spiro atoms. The van der Waals surface area contributed by atoms with E-state index in [2.05, 4.69) is 20.5 Å². The summed E-state index contributed by atoms with van der Waals surface area (Å²) in [6.07, 6.45) is 5.11. The van der Waals surface area contributed by atoms with Crippen molar-refractivity contribution in [2.75, 3.05) is 53.0 Å². The van der Waals surface area contributed by atoms with Crippen LogP contribution in [0.5, 0.6) is 0 Å². The second kappa shape index (κ2) is 11.1. The fraction of sp³-hybridized carbons (Fsp3) is 0.929. The predicted molar refractivity (Wildman–Crippen MR) is 80.8 cm³/mol. The molecule has 0 aliphatic carbocycles. The molecule has 1 saturated heterocycles. The fourth-order valence-electron chi connectivity index (χ4n) is 2.26. The lowest BCUT2D eigenvalue weighted by Crippen LogP contribution is -2.43. The Kier molecular flexibility index (Phi) is 9.45. The first kappa shape index (κ1) is 16.2. The molecule has 1 heterocycles. The Bertz CT molecular complexity index is 240. The number of guanidine groups is 1. The molecule has 1 fully saturated rings. The summed E-state index contributed by atoms with van der Waals surface area (Å²) in [6, 6.07) is 0. The van der Waals surface area contributed by atoms with Crippen molar-refractivity contribution >= 4 is 5.96 Å². The maximum Gasteiger partial charge on any atom is 0.191 e. The summed E-state index contributed by atoms with van der Waals surface area (Å²) in [5.41, 5.74) is 0. The lowest BCUT2D eigenvalue weighted by atomic mass is 10.1. The lowest BCUT2D eigenvalue weighted by Gasteiger charge is -2.26. The Hall–Kier alpha value is -0.810. The normalized spacial score (nSPS) is 17.5. The SMILES string of the molecule is CCOCCCNC(=NC)NCCN1CCCCC1. The molecule has 112 valence electrons. The third-order valence-corrected chi connectivity index (χ3v) is 3.35. The number of nitrogens with zero attached hydrogens (tertiary/aromatic N) is 2. The highest BCUT2D eigenvalue weighted by Gasteiger charge is 2.09. The molecule has 0 aromatic carbocycles. The van der Waals surface area contributed by atoms with Crippen molar-refractivity contribution in [1.29, 1.82) is 0 Å². The molecule has 0 aromatic rings. The van der Waals surface area contributed by atoms with Gasteiger partial charge in [-0.25, -0.2) is 0 Å². The third kappa shape index (κ3) is 8.06. The molecule has 0 aromatic heterocycles. The van der Waals surface area contributed by atoms with Crippen LogP contribution in [0, 0.1) is 0 Å². The van der Waals surface area contributed by atoms with Crippen LogP contribution in [-0.4, -0.2) is 63.8 Å². The molecule has 0 atom stereocenters. The number of likely N-dealkylation sites (tertiary alicyclic amines) is 1. The second-order valence-corrected chi connectivity index (χ2v) is 4.88. The third-order valence-electron chi connectivity index (χ3n) is 3.35. The zero-order valence-corrected chi connectivity index (χ0v) is 12.6. The molecule has 19 heavy (non-hydrogen) atoms. The van der Waals surface area contributed by atoms with E-state index in [4.69, 9.17) is 4.74 Å². The Morgan fingerprint density at radius 2 is 1.89 bits per heavy atom. The van der Waals surface area contributed by atoms with Crippen molar-refractivity contribution in [3.05, 3.63) is 0 Å². The summed E-state index contributed by atoms with van der Waals surface area (Å²) in [4.78, 5) is 6.75. The monoisotopic (exact) mass is 270 g/mol. The van der Waals surface area contributed by atoms with Gasteiger partial charge in [-0.2, -0.15) is 0 Å². The lowest BCUT2D eigenvalue weighted by molar-refractivity contribution is 0.145. The van der Waals surface area contributed by atoms with Crippen molar-refractivity contribution in [3.63, 3.8) is 0 Å². The van der Waals surface area contributed by atoms with Crippen molar-refractivity contribution in [2.45, 2.75) is 32.6 Å². The summed E-state index contributed by atoms with van der Waals surface area (Å²) in [5, 5.41) is 6.67. The Labute approximate surface area is 117 Å². The molecule has 0 saturated carbocycles. The molecule has 5 nitrogen and oxygen atoms in total. The van der Waals surface area contributed by atoms with Crippen LogP contribution in [0.3, 0.4) is 0 Å². The highest BCUT2D eigenvalue weighted by atomic mass is 16.5. The van der Waals surface area contributed by atoms with Gasteiger partial charge in [0, 0.05) is 39.9 Å². The van der Waals surface area contributed by atoms with E-state index in [1.165, 1.54) is 32.4 Å². The van der Waals surface area contributed by atoms with E-state index in [1.807, 2.05) is 14.0 Å². The Morgan fingerprint density at radius 3 is 2.58 bits per heavy atom. The van der Waals surface area contributed by atoms with E-state index in [0.717, 1.165) is 45.2 Å². The number of hydrogen-bond acceptors (Lipinski definition) is 3. The molecule has 5 heteroatoms. The number of ether oxygens (including phenoxy) is 1. The second-order valence-electron chi connectivity index (χ2n) is 4.88. The predicted octanol–water partition coefficient (Wildman–Crippen LogP) is 1.06. The van der Waals surface area contributed by atoms with E-state index in [0.29, 0.717) is 0 Å². The summed E-state index contributed by atoms with van der Waals surface area (Å²) in [6.45, 7) is 9.11. The van der Waals surface area contributed by atoms with Crippen LogP contribution < -0.4 is 10.6 Å². The minimum Gasteiger partial charge on any atom is -0.382 e. The van der Waals surface area contributed by atoms with Crippen LogP contribution in [0.15, 0.2) is 4.99 Å². The van der Waals surface area contributed by atoms with Crippen molar-refractivity contribution in [1.82, 2.24) is 15.5 Å². The summed E-state index contributed by atoms with van der Waals surface area (Å²) >= 11 is 0. The van der Waals surface area contributed by atoms with Gasteiger partial charge in [-0.1, -0.05) is 6.42 Å². The minimum absolute atomic E-state index is 0.794. The smallest absolute Gasteiger partial charge is 0.191 e. The largest absolute Gasteiger partial charge is 0.382 e. The van der Waals surface area contributed by atoms with Gasteiger partial charge in [0.2, 0.25) is 0 Å². The van der Waals surface area contributed by atoms with Crippen molar-refractivity contribution in [3.8, 4) is 0 Å². The molecule has 1 aliphatic heterocycles. The van der Waals surface area contributed by atoms with Crippen LogP contribution in [0.4, 0.5) is 0 Å². The highest BCUT2D eigenvalue weighted by molar-refractivity contribution is 5.79. The maximum absolute atomic E-state index is 5.30. The van der Waals surface area contributed by atoms with E-state index < -0.39 is 0 Å². The van der Waals surface area contributed by atoms with Gasteiger partial charge in [0.25, 0.3) is 0 Å². The zero-order chi connectivity index (χ0) is 13.8. The minimum atomic E-state index is 0.794. The molecule has 0 amide bonds. The van der Waals surface area contributed by atoms with Crippen LogP contribution >= 0.6 is 0 Å². The van der Waals surface area contributed by atoms with E-state index in [9.17, 15) is 0 Å². The van der Waals surface area contributed by atoms with Gasteiger partial charge in [0.15, 0.2) is 5.96 Å². The molecule has 0 bridgehead atoms. The van der Waals surface area contributed by atoms with E-state index in [1.54, 1.807) is 0 Å². The number of aliphatic imine (C=N–C) groups is 1. The first-order valence-electron chi connectivity index (χ1n) is 7.61. The number of hydrogen-bond donors (Lipinski definition) is 2. The number of piperidine rings is 1. The van der Waals surface area contributed by atoms with Gasteiger partial charge in [0.1, 0.15) is 0 Å². The molecule has 0 radical (unpaired) electrons. The maximum atomic E-state index is 5.30. The average Bonchev–Trinajstić information content (AvgIpc) is 2.46. The van der Waals surface area contributed by atoms with Crippen molar-refractivity contribution < 1.29 is 4.74 Å². The zero-order valence-electron chi connectivity index (χ0n) is 12.6. The molecular formula is C14H30N4O. The first-order chi connectivity index (χ1) is 9.36. The molecule has 2 N–H and O–H groups in total. The van der Waals surface area contributed by atoms with Crippen molar-refractivity contribution in [2.24, 2.45) is 4.99 Å². The van der Waals surface area contributed by atoms with Gasteiger partial charge in [-0.15, -0.1) is 0 Å². The average molecular weight is 270 g/mol. The Balaban J connectivity index is 2.01. The summed E-state index contributed by atoms with van der Waals surface area (Å²) in [7, 11) is 1.82. The molecule has 1 aliphatic rings. The number of nitrogens with one attached hydrogen (secondary N) is 2. The summed E-state index contributed by atoms with van der Waals surface area (Å²) < 4.78 is 5.30. The topological polar surface area (TPSA) is 48.9 Å². The van der Waals surface area contributed by atoms with Gasteiger partial charge < -0.3 is 20.3 Å². The van der Waals surface area contributed by atoms with E-state index in [-0.39, 0.29) is 0 Å². The fourth-order valence-corrected chi connectivity index (χ4v) is 2.26. The van der Waals surface area contributed by atoms with Gasteiger partial charge in [-0.05, 0) is 39.3 Å².